The van der Waals surface area contributed by atoms with E-state index < -0.39 is 0 Å². The molecule has 1 amide bonds. The molecule has 0 atom stereocenters. The van der Waals surface area contributed by atoms with Crippen LogP contribution in [0.1, 0.15) is 30.8 Å². The Bertz CT molecular complexity index is 438. The Morgan fingerprint density at radius 3 is 2.74 bits per heavy atom. The summed E-state index contributed by atoms with van der Waals surface area (Å²) in [6.45, 7) is 4.53. The lowest BCUT2D eigenvalue weighted by Crippen LogP contribution is -2.35. The largest absolute Gasteiger partial charge is 0.370 e. The summed E-state index contributed by atoms with van der Waals surface area (Å²) >= 11 is 5.93. The van der Waals surface area contributed by atoms with Crippen LogP contribution in [0.2, 0.25) is 5.15 Å². The molecule has 0 spiro atoms. The minimum atomic E-state index is -0.202. The lowest BCUT2D eigenvalue weighted by molar-refractivity contribution is -0.119. The van der Waals surface area contributed by atoms with E-state index in [0.717, 1.165) is 37.4 Å². The minimum Gasteiger partial charge on any atom is -0.370 e. The van der Waals surface area contributed by atoms with E-state index in [9.17, 15) is 4.79 Å². The van der Waals surface area contributed by atoms with E-state index in [1.54, 1.807) is 6.07 Å². The molecule has 1 aliphatic rings. The lowest BCUT2D eigenvalue weighted by atomic mass is 9.93. The van der Waals surface area contributed by atoms with Gasteiger partial charge < -0.3 is 5.73 Å². The number of nitrogens with zero attached hydrogens (tertiary/aromatic N) is 3. The second-order valence-corrected chi connectivity index (χ2v) is 5.53. The van der Waals surface area contributed by atoms with E-state index in [4.69, 9.17) is 17.3 Å². The number of aryl methyl sites for hydroxylation is 1. The molecule has 0 aromatic carbocycles. The first kappa shape index (κ1) is 14.2. The number of carbonyl (C=O) groups is 1. The highest BCUT2D eigenvalue weighted by Gasteiger charge is 2.21. The molecule has 19 heavy (non-hydrogen) atoms. The van der Waals surface area contributed by atoms with Crippen LogP contribution in [-0.4, -0.2) is 33.9 Å². The summed E-state index contributed by atoms with van der Waals surface area (Å²) < 4.78 is 0. The van der Waals surface area contributed by atoms with E-state index >= 15 is 0 Å². The first-order valence-corrected chi connectivity index (χ1v) is 6.91. The van der Waals surface area contributed by atoms with Crippen LogP contribution >= 0.6 is 11.6 Å². The van der Waals surface area contributed by atoms with Crippen molar-refractivity contribution in [3.63, 3.8) is 0 Å². The maximum absolute atomic E-state index is 10.9. The first-order valence-electron chi connectivity index (χ1n) is 6.53. The topological polar surface area (TPSA) is 72.1 Å². The molecule has 2 heterocycles. The number of nitrogens with two attached hydrogens (primary N) is 1. The predicted octanol–water partition coefficient (Wildman–Crippen LogP) is 1.53. The smallest absolute Gasteiger partial charge is 0.217 e. The highest BCUT2D eigenvalue weighted by Crippen LogP contribution is 2.21. The predicted molar refractivity (Wildman–Crippen MR) is 73.6 cm³/mol. The van der Waals surface area contributed by atoms with Crippen molar-refractivity contribution >= 4 is 17.5 Å². The van der Waals surface area contributed by atoms with E-state index in [-0.39, 0.29) is 5.91 Å². The van der Waals surface area contributed by atoms with Crippen molar-refractivity contribution in [2.45, 2.75) is 32.7 Å². The number of hydrogen-bond donors (Lipinski definition) is 1. The zero-order valence-electron chi connectivity index (χ0n) is 11.1. The van der Waals surface area contributed by atoms with Crippen molar-refractivity contribution in [3.8, 4) is 0 Å². The molecule has 1 aromatic heterocycles. The molecule has 1 aliphatic heterocycles. The highest BCUT2D eigenvalue weighted by molar-refractivity contribution is 6.29. The van der Waals surface area contributed by atoms with Crippen LogP contribution in [0.4, 0.5) is 0 Å². The van der Waals surface area contributed by atoms with Gasteiger partial charge in [0.15, 0.2) is 0 Å². The van der Waals surface area contributed by atoms with Gasteiger partial charge in [-0.15, -0.1) is 0 Å². The third-order valence-corrected chi connectivity index (χ3v) is 3.62. The van der Waals surface area contributed by atoms with Crippen molar-refractivity contribution in [1.82, 2.24) is 14.9 Å². The fraction of sp³-hybridized carbons (Fsp3) is 0.615. The second kappa shape index (κ2) is 6.30. The summed E-state index contributed by atoms with van der Waals surface area (Å²) in [5.41, 5.74) is 6.12. The molecule has 1 aromatic rings. The van der Waals surface area contributed by atoms with Gasteiger partial charge in [0.2, 0.25) is 5.91 Å². The number of amides is 1. The summed E-state index contributed by atoms with van der Waals surface area (Å²) in [6, 6.07) is 1.75. The van der Waals surface area contributed by atoms with Gasteiger partial charge in [-0.2, -0.15) is 0 Å². The van der Waals surface area contributed by atoms with Crippen LogP contribution in [0.25, 0.3) is 0 Å². The van der Waals surface area contributed by atoms with Crippen LogP contribution in [0, 0.1) is 12.8 Å². The maximum Gasteiger partial charge on any atom is 0.217 e. The molecule has 6 heteroatoms. The number of primary amides is 1. The Morgan fingerprint density at radius 1 is 1.47 bits per heavy atom. The normalized spacial score (nSPS) is 17.6. The quantitative estimate of drug-likeness (QED) is 0.850. The van der Waals surface area contributed by atoms with Crippen LogP contribution in [0.5, 0.6) is 0 Å². The van der Waals surface area contributed by atoms with Crippen molar-refractivity contribution in [3.05, 3.63) is 22.7 Å². The molecule has 0 radical (unpaired) electrons. The van der Waals surface area contributed by atoms with Gasteiger partial charge in [0.05, 0.1) is 6.54 Å². The lowest BCUT2D eigenvalue weighted by Gasteiger charge is -2.30. The van der Waals surface area contributed by atoms with Crippen molar-refractivity contribution < 1.29 is 4.79 Å². The average molecular weight is 283 g/mol. The summed E-state index contributed by atoms with van der Waals surface area (Å²) in [6.07, 6.45) is 2.51. The summed E-state index contributed by atoms with van der Waals surface area (Å²) in [7, 11) is 0. The molecule has 0 saturated carbocycles. The number of likely N-dealkylation sites (tertiary alicyclic amines) is 1. The summed E-state index contributed by atoms with van der Waals surface area (Å²) in [5, 5.41) is 0.492. The van der Waals surface area contributed by atoms with E-state index in [1.807, 2.05) is 6.92 Å². The number of halogens is 1. The Hall–Kier alpha value is -1.20. The van der Waals surface area contributed by atoms with Crippen LogP contribution < -0.4 is 5.73 Å². The van der Waals surface area contributed by atoms with Gasteiger partial charge in [-0.25, -0.2) is 9.97 Å². The van der Waals surface area contributed by atoms with Gasteiger partial charge in [0.1, 0.15) is 11.0 Å². The number of carbonyl (C=O) groups excluding carboxylic acids is 1. The summed E-state index contributed by atoms with van der Waals surface area (Å²) in [5.74, 6) is 0.987. The number of hydrogen-bond acceptors (Lipinski definition) is 4. The van der Waals surface area contributed by atoms with Gasteiger partial charge in [-0.05, 0) is 44.8 Å². The molecule has 1 saturated heterocycles. The molecular weight excluding hydrogens is 264 g/mol. The number of aromatic nitrogens is 2. The Morgan fingerprint density at radius 2 is 2.16 bits per heavy atom. The third-order valence-electron chi connectivity index (χ3n) is 3.43. The standard InChI is InChI=1S/C13H19ClN4O/c1-9-6-11(14)17-13(16-9)8-18-4-2-10(3-5-18)7-12(15)19/h6,10H,2-5,7-8H2,1H3,(H2,15,19). The summed E-state index contributed by atoms with van der Waals surface area (Å²) in [4.78, 5) is 21.8. The van der Waals surface area contributed by atoms with Gasteiger partial charge in [0, 0.05) is 12.1 Å². The molecule has 1 fully saturated rings. The molecular formula is C13H19ClN4O. The average Bonchev–Trinajstić information content (AvgIpc) is 2.29. The van der Waals surface area contributed by atoms with E-state index in [0.29, 0.717) is 24.0 Å². The van der Waals surface area contributed by atoms with Crippen molar-refractivity contribution in [2.75, 3.05) is 13.1 Å². The molecule has 0 unspecified atom stereocenters. The van der Waals surface area contributed by atoms with E-state index in [2.05, 4.69) is 14.9 Å². The van der Waals surface area contributed by atoms with Gasteiger partial charge in [-0.3, -0.25) is 9.69 Å². The van der Waals surface area contributed by atoms with Crippen LogP contribution in [-0.2, 0) is 11.3 Å². The van der Waals surface area contributed by atoms with Crippen LogP contribution in [0.15, 0.2) is 6.07 Å². The van der Waals surface area contributed by atoms with Gasteiger partial charge in [0.25, 0.3) is 0 Å². The first-order chi connectivity index (χ1) is 9.02. The van der Waals surface area contributed by atoms with E-state index in [1.165, 1.54) is 0 Å². The number of rotatable bonds is 4. The fourth-order valence-corrected chi connectivity index (χ4v) is 2.75. The zero-order chi connectivity index (χ0) is 13.8. The monoisotopic (exact) mass is 282 g/mol. The molecule has 0 bridgehead atoms. The zero-order valence-corrected chi connectivity index (χ0v) is 11.9. The van der Waals surface area contributed by atoms with Gasteiger partial charge in [-0.1, -0.05) is 11.6 Å². The molecule has 2 N–H and O–H groups in total. The Kier molecular flexibility index (Phi) is 4.71. The second-order valence-electron chi connectivity index (χ2n) is 5.14. The molecule has 2 rings (SSSR count). The molecule has 104 valence electrons. The van der Waals surface area contributed by atoms with Gasteiger partial charge >= 0.3 is 0 Å². The third kappa shape index (κ3) is 4.44. The van der Waals surface area contributed by atoms with Crippen molar-refractivity contribution in [2.24, 2.45) is 11.7 Å². The Balaban J connectivity index is 1.86. The molecule has 0 aliphatic carbocycles. The SMILES string of the molecule is Cc1cc(Cl)nc(CN2CCC(CC(N)=O)CC2)n1. The van der Waals surface area contributed by atoms with Crippen LogP contribution in [0.3, 0.4) is 0 Å². The Labute approximate surface area is 118 Å². The maximum atomic E-state index is 10.9. The van der Waals surface area contributed by atoms with Crippen molar-refractivity contribution in [1.29, 1.82) is 0 Å². The fourth-order valence-electron chi connectivity index (χ4n) is 2.49. The number of piperidine rings is 1. The molecule has 5 nitrogen and oxygen atoms in total. The highest BCUT2D eigenvalue weighted by atomic mass is 35.5. The minimum absolute atomic E-state index is 0.202.